The lowest BCUT2D eigenvalue weighted by molar-refractivity contribution is -0.152. The van der Waals surface area contributed by atoms with Crippen LogP contribution in [0.15, 0.2) is 147 Å². The van der Waals surface area contributed by atoms with Gasteiger partial charge in [0.15, 0.2) is 28.4 Å². The molecule has 44 heteroatoms. The minimum Gasteiger partial charge on any atom is -0.379 e. The third-order valence-electron chi connectivity index (χ3n) is 31.1. The first kappa shape index (κ1) is 99.5. The molecule has 4 saturated heterocycles. The third-order valence-corrected chi connectivity index (χ3v) is 31.1. The van der Waals surface area contributed by atoms with Gasteiger partial charge in [-0.2, -0.15) is 38.5 Å². The molecule has 9 aliphatic rings. The number of hydrogen-bond acceptors (Lipinski definition) is 32. The van der Waals surface area contributed by atoms with Crippen molar-refractivity contribution < 1.29 is 76.0 Å². The number of rotatable bonds is 27. The number of nitrogens with zero attached hydrogens (tertiary/aromatic N) is 20. The fourth-order valence-corrected chi connectivity index (χ4v) is 22.3. The van der Waals surface area contributed by atoms with Crippen LogP contribution >= 0.6 is 0 Å². The van der Waals surface area contributed by atoms with Crippen molar-refractivity contribution in [1.82, 2.24) is 118 Å². The van der Waals surface area contributed by atoms with Crippen LogP contribution in [0.2, 0.25) is 0 Å². The lowest BCUT2D eigenvalue weighted by atomic mass is 9.89. The number of anilines is 4. The van der Waals surface area contributed by atoms with Crippen LogP contribution < -0.4 is 42.5 Å². The van der Waals surface area contributed by atoms with Crippen LogP contribution in [-0.2, 0) is 56.8 Å². The summed E-state index contributed by atoms with van der Waals surface area (Å²) in [6.07, 6.45) is 34.3. The Morgan fingerprint density at radius 3 is 0.852 bits per heavy atom. The predicted molar refractivity (Wildman–Crippen MR) is 554 cm³/mol. The summed E-state index contributed by atoms with van der Waals surface area (Å²) < 4.78 is 83.3. The van der Waals surface area contributed by atoms with E-state index in [4.69, 9.17) is 96.7 Å². The van der Waals surface area contributed by atoms with Gasteiger partial charge in [0.05, 0.1) is 147 Å². The quantitative estimate of drug-likeness (QED) is 0.0237. The Labute approximate surface area is 856 Å². The zero-order valence-electron chi connectivity index (χ0n) is 85.0. The number of ether oxygens (including phenoxy) is 12. The zero-order chi connectivity index (χ0) is 102. The van der Waals surface area contributed by atoms with Crippen LogP contribution in [0.1, 0.15) is 155 Å². The van der Waals surface area contributed by atoms with Crippen molar-refractivity contribution in [2.45, 2.75) is 187 Å². The minimum absolute atomic E-state index is 0.000912. The van der Waals surface area contributed by atoms with Gasteiger partial charge >= 0.3 is 0 Å². The zero-order valence-corrected chi connectivity index (χ0v) is 85.0. The van der Waals surface area contributed by atoms with E-state index in [1.54, 1.807) is 111 Å². The van der Waals surface area contributed by atoms with Gasteiger partial charge in [-0.05, 0) is 126 Å². The molecule has 20 heterocycles. The second kappa shape index (κ2) is 42.8. The molecule has 44 nitrogen and oxygen atoms in total. The number of hydrogen-bond donors (Lipinski definition) is 8. The molecule has 16 aromatic heterocycles. The average molecular weight is 2030 g/mol. The summed E-state index contributed by atoms with van der Waals surface area (Å²) in [5, 5.41) is 46.9. The number of methoxy groups -OCH3 is 7. The summed E-state index contributed by atoms with van der Waals surface area (Å²) in [5.41, 5.74) is 13.8. The molecule has 1 spiro atoms. The van der Waals surface area contributed by atoms with E-state index in [0.717, 1.165) is 202 Å². The molecule has 25 rings (SSSR count). The van der Waals surface area contributed by atoms with Crippen molar-refractivity contribution in [1.29, 1.82) is 0 Å². The van der Waals surface area contributed by atoms with Gasteiger partial charge in [0.25, 0.3) is 23.6 Å². The molecule has 5 aliphatic carbocycles. The monoisotopic (exact) mass is 2030 g/mol. The summed E-state index contributed by atoms with van der Waals surface area (Å²) in [4.78, 5) is 91.5. The smallest absolute Gasteiger partial charge is 0.257 e. The van der Waals surface area contributed by atoms with Crippen molar-refractivity contribution >= 4 is 114 Å². The van der Waals surface area contributed by atoms with Crippen molar-refractivity contribution in [3.63, 3.8) is 0 Å². The van der Waals surface area contributed by atoms with Gasteiger partial charge in [0.2, 0.25) is 0 Å². The van der Waals surface area contributed by atoms with Gasteiger partial charge in [0, 0.05) is 234 Å². The maximum atomic E-state index is 13.2. The molecule has 15 atom stereocenters. The molecule has 8 N–H and O–H groups in total. The maximum Gasteiger partial charge on any atom is 0.257 e. The fraction of sp³-hybridized carbons (Fsp3) is 0.467. The SMILES string of the molecule is CNc1cc(-c2cn([C@@H]3CCOC[C@@H]3OC)c3ncccc23)nc2c(C(=O)NC3CC[C@@H]3OC)cnn12.CNc1cc(-c2cn([C@@H]3CCOC[C@@H]3OC)c3ncccc23)nc2c(C(=O)N[C@@H]3CC[C@H]3OC)cnn12.CNc1cc(-c2cn([C@@H]3CCOC[C@@H]3OC)c3ncccc23)nc2c(C(=O)N[C@H]3CC[C@@H]3OC)cnn12.CNc1cc(-c2cn([C@H]3CCC4(C3)OCCO4)c3ncccc23)nc2c(C(=O)NC3CC[C@@H]3OC)cnn12. The molecule has 2 unspecified atom stereocenters. The molecule has 0 radical (unpaired) electrons. The highest BCUT2D eigenvalue weighted by Crippen LogP contribution is 2.48. The molecule has 0 aromatic carbocycles. The molecule has 9 fully saturated rings. The fourth-order valence-electron chi connectivity index (χ4n) is 22.3. The van der Waals surface area contributed by atoms with E-state index in [-0.39, 0.29) is 115 Å². The van der Waals surface area contributed by atoms with Gasteiger partial charge in [-0.25, -0.2) is 39.9 Å². The summed E-state index contributed by atoms with van der Waals surface area (Å²) in [6.45, 7) is 4.91. The van der Waals surface area contributed by atoms with E-state index in [9.17, 15) is 19.2 Å². The number of fused-ring (bicyclic) bond motifs is 8. The average Bonchev–Trinajstić information content (AvgIpc) is 1.37. The number of aromatic nitrogens is 20. The summed E-state index contributed by atoms with van der Waals surface area (Å²) >= 11 is 0. The highest BCUT2D eigenvalue weighted by Gasteiger charge is 2.47. The van der Waals surface area contributed by atoms with Crippen molar-refractivity contribution in [3.8, 4) is 45.0 Å². The second-order valence-corrected chi connectivity index (χ2v) is 38.9. The van der Waals surface area contributed by atoms with E-state index in [1.807, 2.05) is 101 Å². The third kappa shape index (κ3) is 18.7. The summed E-state index contributed by atoms with van der Waals surface area (Å²) in [6, 6.07) is 24.2. The van der Waals surface area contributed by atoms with Crippen molar-refractivity contribution in [3.05, 3.63) is 169 Å². The van der Waals surface area contributed by atoms with Gasteiger partial charge in [0.1, 0.15) is 86.4 Å². The predicted octanol–water partition coefficient (Wildman–Crippen LogP) is 11.2. The minimum atomic E-state index is -0.477. The van der Waals surface area contributed by atoms with Crippen LogP contribution in [-0.4, -0.2) is 324 Å². The lowest BCUT2D eigenvalue weighted by Crippen LogP contribution is -2.51. The molecule has 780 valence electrons. The van der Waals surface area contributed by atoms with Crippen LogP contribution in [0, 0.1) is 0 Å². The molecule has 16 aromatic rings. The molecule has 4 aliphatic heterocycles. The van der Waals surface area contributed by atoms with E-state index in [0.29, 0.717) is 97.7 Å². The molecule has 5 saturated carbocycles. The van der Waals surface area contributed by atoms with Crippen LogP contribution in [0.3, 0.4) is 0 Å². The highest BCUT2D eigenvalue weighted by molar-refractivity contribution is 6.05. The van der Waals surface area contributed by atoms with E-state index < -0.39 is 5.79 Å². The van der Waals surface area contributed by atoms with E-state index >= 15 is 0 Å². The number of carbonyl (C=O) groups is 4. The molecule has 149 heavy (non-hydrogen) atoms. The van der Waals surface area contributed by atoms with Crippen molar-refractivity contribution in [2.75, 3.05) is 152 Å². The number of carbonyl (C=O) groups excluding carboxylic acids is 4. The van der Waals surface area contributed by atoms with Gasteiger partial charge in [-0.3, -0.25) is 19.2 Å². The van der Waals surface area contributed by atoms with Crippen molar-refractivity contribution in [2.24, 2.45) is 0 Å². The Hall–Kier alpha value is -14.2. The largest absolute Gasteiger partial charge is 0.379 e. The Balaban J connectivity index is 0.000000112. The lowest BCUT2D eigenvalue weighted by Gasteiger charge is -2.35. The Kier molecular flexibility index (Phi) is 28.6. The van der Waals surface area contributed by atoms with Crippen LogP contribution in [0.4, 0.5) is 23.3 Å². The number of nitrogens with one attached hydrogen (secondary N) is 8. The standard InChI is InChI=1S/C27H31N7O4.3C26H31N7O4/c1-28-23-12-21(31-25-18(14-30-34(23)25)26(35)32-20-5-6-22(20)36-2)19-15-33(24-17(19)4-3-9-29-24)16-7-8-27(13-16)37-10-11-38-27;3*1-27-23-11-19(30-25-16(12-29-33(23)25)26(34)31-18-6-7-21(18)35-2)17-13-32(24-15(17)5-4-9-28-24)20-8-10-37-14-22(20)36-3/h3-4,9,12,14-16,20,22,28H,5-8,10-11,13H2,1-2H3,(H,32,35);3*4-5,9,11-13,18,20-22,27H,6-8,10,14H2,1-3H3,(H,31,34)/t16-,20?,22-;18?,20-,21+,22+;18-,20+,21-,22-;18-,20-,21-,22+/m0101/s1. The molecule has 0 bridgehead atoms. The number of pyridine rings is 4. The highest BCUT2D eigenvalue weighted by atomic mass is 16.7. The number of amides is 4. The normalized spacial score (nSPS) is 23.9. The first-order valence-electron chi connectivity index (χ1n) is 51.0. The Morgan fingerprint density at radius 1 is 0.329 bits per heavy atom. The van der Waals surface area contributed by atoms with Crippen LogP contribution in [0.5, 0.6) is 0 Å². The molecule has 4 amide bonds. The first-order chi connectivity index (χ1) is 73.0. The van der Waals surface area contributed by atoms with Gasteiger partial charge in [-0.15, -0.1) is 0 Å². The summed E-state index contributed by atoms with van der Waals surface area (Å²) in [5.74, 6) is 1.62. The maximum absolute atomic E-state index is 13.2. The second-order valence-electron chi connectivity index (χ2n) is 38.9. The molecular weight excluding hydrogens is 1910 g/mol. The van der Waals surface area contributed by atoms with Gasteiger partial charge in [-0.1, -0.05) is 0 Å². The van der Waals surface area contributed by atoms with Gasteiger partial charge < -0.3 is 118 Å². The first-order valence-corrected chi connectivity index (χ1v) is 51.0. The Bertz CT molecular complexity index is 7100. The van der Waals surface area contributed by atoms with E-state index in [1.165, 1.54) is 0 Å². The van der Waals surface area contributed by atoms with E-state index in [2.05, 4.69) is 112 Å². The topological polar surface area (TPSA) is 467 Å². The van der Waals surface area contributed by atoms with Crippen LogP contribution in [0.25, 0.3) is 112 Å². The Morgan fingerprint density at radius 2 is 0.597 bits per heavy atom. The molecular formula is C105H124N28O16. The summed E-state index contributed by atoms with van der Waals surface area (Å²) in [7, 11) is 19.2.